The van der Waals surface area contributed by atoms with Crippen LogP contribution in [0, 0.1) is 0 Å². The summed E-state index contributed by atoms with van der Waals surface area (Å²) in [4.78, 5) is 13.0. The maximum absolute atomic E-state index is 13.0. The Morgan fingerprint density at radius 2 is 1.32 bits per heavy atom. The molecule has 0 aliphatic carbocycles. The van der Waals surface area contributed by atoms with Crippen LogP contribution in [0.2, 0.25) is 0 Å². The van der Waals surface area contributed by atoms with Gasteiger partial charge in [-0.3, -0.25) is 4.79 Å². The molecular weight excluding hydrogens is 308 g/mol. The van der Waals surface area contributed by atoms with Gasteiger partial charge in [-0.05, 0) is 45.8 Å². The van der Waals surface area contributed by atoms with Crippen LogP contribution in [-0.2, 0) is 0 Å². The summed E-state index contributed by atoms with van der Waals surface area (Å²) in [6, 6.07) is 24.9. The molecule has 0 unspecified atom stereocenters. The number of allylic oxidation sites excluding steroid dienone is 1. The van der Waals surface area contributed by atoms with Gasteiger partial charge in [0.1, 0.15) is 5.75 Å². The second kappa shape index (κ2) is 6.25. The van der Waals surface area contributed by atoms with E-state index in [2.05, 4.69) is 6.07 Å². The summed E-state index contributed by atoms with van der Waals surface area (Å²) in [5, 5.41) is 13.8. The van der Waals surface area contributed by atoms with Gasteiger partial charge in [0.2, 0.25) is 0 Å². The number of benzene rings is 4. The molecule has 25 heavy (non-hydrogen) atoms. The van der Waals surface area contributed by atoms with Gasteiger partial charge in [0.05, 0.1) is 0 Å². The topological polar surface area (TPSA) is 37.3 Å². The van der Waals surface area contributed by atoms with Crippen LogP contribution < -0.4 is 0 Å². The number of fused-ring (bicyclic) bond motifs is 2. The Balaban J connectivity index is 1.89. The number of phenols is 1. The van der Waals surface area contributed by atoms with Crippen LogP contribution >= 0.6 is 0 Å². The number of hydrogen-bond donors (Lipinski definition) is 1. The highest BCUT2D eigenvalue weighted by Crippen LogP contribution is 2.29. The first-order valence-electron chi connectivity index (χ1n) is 8.15. The molecule has 0 fully saturated rings. The lowest BCUT2D eigenvalue weighted by atomic mass is 9.94. The third-order valence-electron chi connectivity index (χ3n) is 4.37. The molecule has 0 aliphatic heterocycles. The molecule has 1 N–H and O–H groups in total. The van der Waals surface area contributed by atoms with E-state index in [0.717, 1.165) is 21.5 Å². The minimum Gasteiger partial charge on any atom is -0.507 e. The standard InChI is InChI=1S/C23H16O2/c24-21-12-6-3-7-16(21)13-14-22(25)23-19-10-4-1-8-17(19)15-18-9-2-5-11-20(18)23/h1-15,24H/b14-13+. The molecule has 2 nitrogen and oxygen atoms in total. The highest BCUT2D eigenvalue weighted by molar-refractivity contribution is 6.23. The second-order valence-corrected chi connectivity index (χ2v) is 5.95. The Bertz CT molecular complexity index is 1070. The van der Waals surface area contributed by atoms with Crippen molar-refractivity contribution in [2.75, 3.05) is 0 Å². The summed E-state index contributed by atoms with van der Waals surface area (Å²) >= 11 is 0. The molecule has 0 saturated carbocycles. The van der Waals surface area contributed by atoms with Gasteiger partial charge in [-0.25, -0.2) is 0 Å². The van der Waals surface area contributed by atoms with Crippen LogP contribution in [0.1, 0.15) is 15.9 Å². The van der Waals surface area contributed by atoms with Gasteiger partial charge in [-0.15, -0.1) is 0 Å². The van der Waals surface area contributed by atoms with E-state index in [1.165, 1.54) is 6.08 Å². The van der Waals surface area contributed by atoms with Crippen LogP contribution in [0.25, 0.3) is 27.6 Å². The molecule has 0 radical (unpaired) electrons. The van der Waals surface area contributed by atoms with E-state index in [1.807, 2.05) is 54.6 Å². The number of para-hydroxylation sites is 1. The maximum atomic E-state index is 13.0. The average Bonchev–Trinajstić information content (AvgIpc) is 2.65. The van der Waals surface area contributed by atoms with Crippen LogP contribution in [0.3, 0.4) is 0 Å². The number of hydrogen-bond acceptors (Lipinski definition) is 2. The highest BCUT2D eigenvalue weighted by atomic mass is 16.3. The Hall–Kier alpha value is -3.39. The van der Waals surface area contributed by atoms with Crippen molar-refractivity contribution >= 4 is 33.4 Å². The molecule has 4 aromatic carbocycles. The molecule has 120 valence electrons. The van der Waals surface area contributed by atoms with E-state index < -0.39 is 0 Å². The number of carbonyl (C=O) groups is 1. The molecule has 0 aromatic heterocycles. The van der Waals surface area contributed by atoms with Gasteiger partial charge in [0.15, 0.2) is 5.78 Å². The molecule has 0 aliphatic rings. The summed E-state index contributed by atoms with van der Waals surface area (Å²) in [6.07, 6.45) is 3.19. The lowest BCUT2D eigenvalue weighted by Crippen LogP contribution is -1.98. The van der Waals surface area contributed by atoms with Crippen LogP contribution in [-0.4, -0.2) is 10.9 Å². The molecule has 0 saturated heterocycles. The molecule has 0 atom stereocenters. The monoisotopic (exact) mass is 324 g/mol. The van der Waals surface area contributed by atoms with Gasteiger partial charge in [0.25, 0.3) is 0 Å². The summed E-state index contributed by atoms with van der Waals surface area (Å²) in [7, 11) is 0. The SMILES string of the molecule is O=C(/C=C/c1ccccc1O)c1c2ccccc2cc2ccccc12. The van der Waals surface area contributed by atoms with Crippen molar-refractivity contribution in [1.82, 2.24) is 0 Å². The van der Waals surface area contributed by atoms with E-state index in [-0.39, 0.29) is 11.5 Å². The van der Waals surface area contributed by atoms with Crippen LogP contribution in [0.4, 0.5) is 0 Å². The molecule has 4 rings (SSSR count). The van der Waals surface area contributed by atoms with Gasteiger partial charge in [0, 0.05) is 11.1 Å². The summed E-state index contributed by atoms with van der Waals surface area (Å²) in [5.74, 6) is 0.0885. The van der Waals surface area contributed by atoms with Gasteiger partial charge in [-0.1, -0.05) is 66.7 Å². The number of rotatable bonds is 3. The summed E-state index contributed by atoms with van der Waals surface area (Å²) in [6.45, 7) is 0. The minimum atomic E-state index is -0.0729. The van der Waals surface area contributed by atoms with E-state index in [1.54, 1.807) is 24.3 Å². The zero-order valence-corrected chi connectivity index (χ0v) is 13.5. The predicted octanol–water partition coefficient (Wildman–Crippen LogP) is 5.59. The largest absolute Gasteiger partial charge is 0.507 e. The fraction of sp³-hybridized carbons (Fsp3) is 0. The maximum Gasteiger partial charge on any atom is 0.187 e. The van der Waals surface area contributed by atoms with Crippen LogP contribution in [0.5, 0.6) is 5.75 Å². The average molecular weight is 324 g/mol. The van der Waals surface area contributed by atoms with Gasteiger partial charge >= 0.3 is 0 Å². The second-order valence-electron chi connectivity index (χ2n) is 5.95. The first-order valence-corrected chi connectivity index (χ1v) is 8.15. The normalized spacial score (nSPS) is 11.4. The zero-order chi connectivity index (χ0) is 17.2. The van der Waals surface area contributed by atoms with E-state index in [9.17, 15) is 9.90 Å². The van der Waals surface area contributed by atoms with Crippen molar-refractivity contribution in [1.29, 1.82) is 0 Å². The Labute approximate surface area is 145 Å². The lowest BCUT2D eigenvalue weighted by Gasteiger charge is -2.09. The minimum absolute atomic E-state index is 0.0729. The van der Waals surface area contributed by atoms with Crippen molar-refractivity contribution in [2.24, 2.45) is 0 Å². The zero-order valence-electron chi connectivity index (χ0n) is 13.5. The molecule has 0 amide bonds. The van der Waals surface area contributed by atoms with Crippen molar-refractivity contribution in [3.63, 3.8) is 0 Å². The number of carbonyl (C=O) groups excluding carboxylic acids is 1. The van der Waals surface area contributed by atoms with Crippen molar-refractivity contribution < 1.29 is 9.90 Å². The molecule has 0 spiro atoms. The predicted molar refractivity (Wildman–Crippen MR) is 103 cm³/mol. The first-order chi connectivity index (χ1) is 12.2. The summed E-state index contributed by atoms with van der Waals surface area (Å²) < 4.78 is 0. The molecule has 4 aromatic rings. The molecular formula is C23H16O2. The van der Waals surface area contributed by atoms with Crippen molar-refractivity contribution in [3.8, 4) is 5.75 Å². The Morgan fingerprint density at radius 3 is 1.96 bits per heavy atom. The third kappa shape index (κ3) is 2.79. The van der Waals surface area contributed by atoms with Gasteiger partial charge in [-0.2, -0.15) is 0 Å². The van der Waals surface area contributed by atoms with Gasteiger partial charge < -0.3 is 5.11 Å². The third-order valence-corrected chi connectivity index (χ3v) is 4.37. The van der Waals surface area contributed by atoms with Crippen molar-refractivity contribution in [3.05, 3.63) is 96.1 Å². The number of ketones is 1. The smallest absolute Gasteiger partial charge is 0.187 e. The molecule has 2 heteroatoms. The fourth-order valence-corrected chi connectivity index (χ4v) is 3.16. The Kier molecular flexibility index (Phi) is 3.79. The fourth-order valence-electron chi connectivity index (χ4n) is 3.16. The number of aromatic hydroxyl groups is 1. The first kappa shape index (κ1) is 15.2. The van der Waals surface area contributed by atoms with E-state index >= 15 is 0 Å². The van der Waals surface area contributed by atoms with E-state index in [0.29, 0.717) is 11.1 Å². The van der Waals surface area contributed by atoms with Crippen molar-refractivity contribution in [2.45, 2.75) is 0 Å². The molecule has 0 heterocycles. The lowest BCUT2D eigenvalue weighted by molar-refractivity contribution is 0.105. The summed E-state index contributed by atoms with van der Waals surface area (Å²) in [5.41, 5.74) is 1.32. The molecule has 0 bridgehead atoms. The number of phenolic OH excluding ortho intramolecular Hbond substituents is 1. The van der Waals surface area contributed by atoms with E-state index in [4.69, 9.17) is 0 Å². The highest BCUT2D eigenvalue weighted by Gasteiger charge is 2.12. The van der Waals surface area contributed by atoms with Crippen LogP contribution in [0.15, 0.2) is 84.9 Å². The Morgan fingerprint density at radius 1 is 0.760 bits per heavy atom. The quantitative estimate of drug-likeness (QED) is 0.303.